The summed E-state index contributed by atoms with van der Waals surface area (Å²) >= 11 is 5.82. The van der Waals surface area contributed by atoms with E-state index in [1.807, 2.05) is 13.8 Å². The van der Waals surface area contributed by atoms with Crippen molar-refractivity contribution >= 4 is 17.6 Å². The minimum absolute atomic E-state index is 0.320. The second-order valence-corrected chi connectivity index (χ2v) is 5.31. The van der Waals surface area contributed by atoms with Crippen molar-refractivity contribution in [2.75, 3.05) is 6.54 Å². The van der Waals surface area contributed by atoms with E-state index in [4.69, 9.17) is 16.1 Å². The van der Waals surface area contributed by atoms with Gasteiger partial charge in [-0.1, -0.05) is 28.9 Å². The second-order valence-electron chi connectivity index (χ2n) is 4.88. The lowest BCUT2D eigenvalue weighted by Crippen LogP contribution is -2.26. The van der Waals surface area contributed by atoms with Crippen LogP contribution in [0.25, 0.3) is 0 Å². The van der Waals surface area contributed by atoms with E-state index in [0.717, 1.165) is 22.6 Å². The third-order valence-electron chi connectivity index (χ3n) is 3.40. The van der Waals surface area contributed by atoms with E-state index in [1.165, 1.54) is 0 Å². The molecule has 0 bridgehead atoms. The van der Waals surface area contributed by atoms with Gasteiger partial charge in [0.2, 0.25) is 0 Å². The summed E-state index contributed by atoms with van der Waals surface area (Å²) in [6.45, 7) is 4.55. The molecule has 5 nitrogen and oxygen atoms in total. The van der Waals surface area contributed by atoms with Crippen LogP contribution < -0.4 is 5.32 Å². The highest BCUT2D eigenvalue weighted by Crippen LogP contribution is 2.19. The van der Waals surface area contributed by atoms with Crippen LogP contribution in [0.4, 0.5) is 0 Å². The van der Waals surface area contributed by atoms with Gasteiger partial charge in [-0.3, -0.25) is 4.79 Å². The summed E-state index contributed by atoms with van der Waals surface area (Å²) in [4.78, 5) is 11.4. The first-order chi connectivity index (χ1) is 9.99. The maximum absolute atomic E-state index is 11.4. The van der Waals surface area contributed by atoms with Crippen LogP contribution in [0.2, 0.25) is 5.02 Å². The summed E-state index contributed by atoms with van der Waals surface area (Å²) in [7, 11) is 0. The highest BCUT2D eigenvalue weighted by Gasteiger charge is 2.20. The molecule has 2 rings (SSSR count). The van der Waals surface area contributed by atoms with Crippen molar-refractivity contribution in [1.29, 1.82) is 0 Å². The smallest absolute Gasteiger partial charge is 0.312 e. The molecule has 2 N–H and O–H groups in total. The zero-order valence-electron chi connectivity index (χ0n) is 11.9. The summed E-state index contributed by atoms with van der Waals surface area (Å²) in [5.74, 6) is -0.746. The number of nitrogens with zero attached hydrogens (tertiary/aromatic N) is 1. The van der Waals surface area contributed by atoms with Crippen molar-refractivity contribution in [3.63, 3.8) is 0 Å². The van der Waals surface area contributed by atoms with Crippen LogP contribution in [-0.2, 0) is 11.3 Å². The first-order valence-electron chi connectivity index (χ1n) is 6.59. The Morgan fingerprint density at radius 3 is 2.57 bits per heavy atom. The molecule has 0 aliphatic rings. The third kappa shape index (κ3) is 3.83. The predicted molar refractivity (Wildman–Crippen MR) is 79.5 cm³/mol. The standard InChI is InChI=1S/C15H17ClN2O3/c1-9-13(10(2)21-18-9)7-17-8-14(15(19)20)11-3-5-12(16)6-4-11/h3-6,14,17H,7-8H2,1-2H3,(H,19,20). The summed E-state index contributed by atoms with van der Waals surface area (Å²) < 4.78 is 5.08. The number of carboxylic acid groups (broad SMARTS) is 1. The van der Waals surface area contributed by atoms with E-state index in [2.05, 4.69) is 10.5 Å². The fourth-order valence-electron chi connectivity index (χ4n) is 2.14. The van der Waals surface area contributed by atoms with Gasteiger partial charge in [-0.05, 0) is 31.5 Å². The molecule has 1 aromatic heterocycles. The monoisotopic (exact) mass is 308 g/mol. The molecule has 0 spiro atoms. The Labute approximate surface area is 127 Å². The summed E-state index contributed by atoms with van der Waals surface area (Å²) in [5, 5.41) is 17.0. The Kier molecular flexibility index (Phi) is 4.98. The van der Waals surface area contributed by atoms with E-state index < -0.39 is 11.9 Å². The Bertz CT molecular complexity index is 603. The molecule has 0 aliphatic carbocycles. The van der Waals surface area contributed by atoms with E-state index in [9.17, 15) is 9.90 Å². The van der Waals surface area contributed by atoms with Crippen molar-refractivity contribution in [3.8, 4) is 0 Å². The molecule has 1 unspecified atom stereocenters. The lowest BCUT2D eigenvalue weighted by atomic mass is 9.99. The predicted octanol–water partition coefficient (Wildman–Crippen LogP) is 2.90. The third-order valence-corrected chi connectivity index (χ3v) is 3.65. The maximum atomic E-state index is 11.4. The molecule has 112 valence electrons. The van der Waals surface area contributed by atoms with Crippen LogP contribution in [0, 0.1) is 13.8 Å². The summed E-state index contributed by atoms with van der Waals surface area (Å²) in [5.41, 5.74) is 2.51. The topological polar surface area (TPSA) is 75.4 Å². The Morgan fingerprint density at radius 1 is 1.38 bits per heavy atom. The van der Waals surface area contributed by atoms with Crippen LogP contribution in [0.3, 0.4) is 0 Å². The molecule has 0 amide bonds. The number of aryl methyl sites for hydroxylation is 2. The molecule has 1 heterocycles. The van der Waals surface area contributed by atoms with Crippen molar-refractivity contribution in [2.24, 2.45) is 0 Å². The fourth-order valence-corrected chi connectivity index (χ4v) is 2.26. The molecule has 6 heteroatoms. The van der Waals surface area contributed by atoms with Crippen LogP contribution in [0.1, 0.15) is 28.5 Å². The number of aliphatic carboxylic acids is 1. The minimum atomic E-state index is -0.872. The number of hydrogen-bond acceptors (Lipinski definition) is 4. The van der Waals surface area contributed by atoms with Gasteiger partial charge in [0.05, 0.1) is 11.6 Å². The van der Waals surface area contributed by atoms with Gasteiger partial charge in [-0.25, -0.2) is 0 Å². The average Bonchev–Trinajstić information content (AvgIpc) is 2.76. The number of carbonyl (C=O) groups is 1. The van der Waals surface area contributed by atoms with Gasteiger partial charge in [0, 0.05) is 23.7 Å². The van der Waals surface area contributed by atoms with Gasteiger partial charge in [0.25, 0.3) is 0 Å². The number of benzene rings is 1. The molecule has 21 heavy (non-hydrogen) atoms. The Morgan fingerprint density at radius 2 is 2.05 bits per heavy atom. The lowest BCUT2D eigenvalue weighted by Gasteiger charge is -2.14. The number of carboxylic acids is 1. The molecule has 1 aromatic carbocycles. The van der Waals surface area contributed by atoms with Gasteiger partial charge < -0.3 is 14.9 Å². The SMILES string of the molecule is Cc1noc(C)c1CNCC(C(=O)O)c1ccc(Cl)cc1. The minimum Gasteiger partial charge on any atom is -0.481 e. The number of nitrogens with one attached hydrogen (secondary N) is 1. The molecule has 0 aliphatic heterocycles. The first-order valence-corrected chi connectivity index (χ1v) is 6.97. The summed E-state index contributed by atoms with van der Waals surface area (Å²) in [6, 6.07) is 6.86. The highest BCUT2D eigenvalue weighted by atomic mass is 35.5. The van der Waals surface area contributed by atoms with Gasteiger partial charge in [-0.2, -0.15) is 0 Å². The van der Waals surface area contributed by atoms with Crippen LogP contribution in [-0.4, -0.2) is 22.8 Å². The quantitative estimate of drug-likeness (QED) is 0.858. The van der Waals surface area contributed by atoms with Crippen LogP contribution >= 0.6 is 11.6 Å². The van der Waals surface area contributed by atoms with E-state index in [0.29, 0.717) is 18.1 Å². The molecular formula is C15H17ClN2O3. The molecule has 0 saturated carbocycles. The van der Waals surface area contributed by atoms with Crippen molar-refractivity contribution in [1.82, 2.24) is 10.5 Å². The fraction of sp³-hybridized carbons (Fsp3) is 0.333. The maximum Gasteiger partial charge on any atom is 0.312 e. The summed E-state index contributed by atoms with van der Waals surface area (Å²) in [6.07, 6.45) is 0. The normalized spacial score (nSPS) is 12.3. The van der Waals surface area contributed by atoms with Crippen LogP contribution in [0.5, 0.6) is 0 Å². The van der Waals surface area contributed by atoms with E-state index in [1.54, 1.807) is 24.3 Å². The lowest BCUT2D eigenvalue weighted by molar-refractivity contribution is -0.138. The zero-order chi connectivity index (χ0) is 15.4. The molecule has 0 saturated heterocycles. The number of hydrogen-bond donors (Lipinski definition) is 2. The molecule has 0 fully saturated rings. The molecule has 2 aromatic rings. The van der Waals surface area contributed by atoms with Crippen molar-refractivity contribution in [2.45, 2.75) is 26.3 Å². The van der Waals surface area contributed by atoms with Gasteiger partial charge >= 0.3 is 5.97 Å². The number of halogens is 1. The largest absolute Gasteiger partial charge is 0.481 e. The molecular weight excluding hydrogens is 292 g/mol. The first kappa shape index (κ1) is 15.5. The molecule has 1 atom stereocenters. The van der Waals surface area contributed by atoms with Gasteiger partial charge in [0.1, 0.15) is 5.76 Å². The average molecular weight is 309 g/mol. The zero-order valence-corrected chi connectivity index (χ0v) is 12.6. The van der Waals surface area contributed by atoms with Gasteiger partial charge in [0.15, 0.2) is 0 Å². The van der Waals surface area contributed by atoms with E-state index in [-0.39, 0.29) is 0 Å². The second kappa shape index (κ2) is 6.74. The van der Waals surface area contributed by atoms with Gasteiger partial charge in [-0.15, -0.1) is 0 Å². The number of aromatic nitrogens is 1. The van der Waals surface area contributed by atoms with E-state index >= 15 is 0 Å². The van der Waals surface area contributed by atoms with Crippen molar-refractivity contribution in [3.05, 3.63) is 51.9 Å². The van der Waals surface area contributed by atoms with Crippen LogP contribution in [0.15, 0.2) is 28.8 Å². The highest BCUT2D eigenvalue weighted by molar-refractivity contribution is 6.30. The number of rotatable bonds is 6. The molecule has 0 radical (unpaired) electrons. The Balaban J connectivity index is 2.01. The van der Waals surface area contributed by atoms with Crippen molar-refractivity contribution < 1.29 is 14.4 Å². The Hall–Kier alpha value is -1.85.